The van der Waals surface area contributed by atoms with Crippen LogP contribution in [-0.2, 0) is 19.4 Å². The van der Waals surface area contributed by atoms with E-state index >= 15 is 13.2 Å². The fourth-order valence-electron chi connectivity index (χ4n) is 13.8. The van der Waals surface area contributed by atoms with Gasteiger partial charge in [-0.3, -0.25) is 14.8 Å². The third-order valence-electron chi connectivity index (χ3n) is 18.5. The number of alkyl halides is 3. The first-order valence-corrected chi connectivity index (χ1v) is 32.1. The lowest BCUT2D eigenvalue weighted by molar-refractivity contribution is -0.139. The minimum Gasteiger partial charge on any atom is -0.381 e. The lowest BCUT2D eigenvalue weighted by Gasteiger charge is -2.46. The van der Waals surface area contributed by atoms with Gasteiger partial charge in [0.2, 0.25) is 0 Å². The Balaban J connectivity index is 1.01. The summed E-state index contributed by atoms with van der Waals surface area (Å²) in [6.45, 7) is 44.8. The Kier molecular flexibility index (Phi) is 19.7. The molecule has 3 N–H and O–H groups in total. The number of hydrazine groups is 1. The number of hydrogen-bond acceptors (Lipinski definition) is 12. The molecule has 3 saturated heterocycles. The third-order valence-corrected chi connectivity index (χ3v) is 19.4. The van der Waals surface area contributed by atoms with Crippen LogP contribution in [0.25, 0.3) is 33.4 Å². The first-order chi connectivity index (χ1) is 39.3. The van der Waals surface area contributed by atoms with E-state index in [0.717, 1.165) is 172 Å². The normalized spacial score (nSPS) is 20.4. The van der Waals surface area contributed by atoms with E-state index in [0.29, 0.717) is 41.9 Å². The monoisotopic (exact) mass is 1160 g/mol. The molecule has 5 atom stereocenters. The molecule has 9 rings (SSSR count). The number of halogens is 3. The third kappa shape index (κ3) is 15.1. The van der Waals surface area contributed by atoms with Crippen molar-refractivity contribution in [2.24, 2.45) is 23.2 Å². The highest BCUT2D eigenvalue weighted by molar-refractivity contribution is 7.10. The van der Waals surface area contributed by atoms with E-state index in [1.165, 1.54) is 17.4 Å². The highest BCUT2D eigenvalue weighted by Gasteiger charge is 2.41. The number of benzene rings is 1. The van der Waals surface area contributed by atoms with Crippen LogP contribution in [0.15, 0.2) is 85.4 Å². The van der Waals surface area contributed by atoms with Gasteiger partial charge in [0.15, 0.2) is 0 Å². The van der Waals surface area contributed by atoms with Gasteiger partial charge in [-0.25, -0.2) is 10.4 Å². The number of rotatable bonds is 28. The van der Waals surface area contributed by atoms with Gasteiger partial charge in [0.05, 0.1) is 57.5 Å². The van der Waals surface area contributed by atoms with Crippen LogP contribution in [-0.4, -0.2) is 154 Å². The van der Waals surface area contributed by atoms with Gasteiger partial charge >= 0.3 is 6.18 Å². The van der Waals surface area contributed by atoms with Crippen molar-refractivity contribution in [3.8, 4) is 22.5 Å². The summed E-state index contributed by atoms with van der Waals surface area (Å²) in [5, 5.41) is 21.1. The van der Waals surface area contributed by atoms with Crippen molar-refractivity contribution in [1.82, 2.24) is 49.9 Å². The predicted octanol–water partition coefficient (Wildman–Crippen LogP) is 12.5. The topological polar surface area (TPSA) is 94.4 Å². The summed E-state index contributed by atoms with van der Waals surface area (Å²) in [5.74, 6) is 1.91. The number of aliphatic hydroxyl groups is 1. The van der Waals surface area contributed by atoms with Crippen LogP contribution in [0.2, 0.25) is 0 Å². The van der Waals surface area contributed by atoms with Gasteiger partial charge in [-0.2, -0.15) is 13.2 Å². The van der Waals surface area contributed by atoms with Crippen molar-refractivity contribution in [3.63, 3.8) is 0 Å². The number of aromatic nitrogens is 3. The van der Waals surface area contributed by atoms with Crippen LogP contribution in [0.3, 0.4) is 0 Å². The fourth-order valence-corrected chi connectivity index (χ4v) is 14.7. The number of pyridine rings is 1. The van der Waals surface area contributed by atoms with Crippen molar-refractivity contribution in [2.45, 2.75) is 181 Å². The predicted molar refractivity (Wildman–Crippen MR) is 338 cm³/mol. The zero-order valence-electron chi connectivity index (χ0n) is 51.6. The molecule has 2 saturated carbocycles. The highest BCUT2D eigenvalue weighted by atomic mass is 32.1. The molecule has 17 heteroatoms. The van der Waals surface area contributed by atoms with Gasteiger partial charge in [0.1, 0.15) is 14.4 Å². The minimum atomic E-state index is -4.48. The molecule has 452 valence electrons. The van der Waals surface area contributed by atoms with Gasteiger partial charge in [-0.05, 0) is 144 Å². The maximum Gasteiger partial charge on any atom is 0.406 e. The van der Waals surface area contributed by atoms with Crippen molar-refractivity contribution in [1.29, 1.82) is 0 Å². The number of allylic oxidation sites excluding steroid dienone is 1. The first kappa shape index (κ1) is 62.7. The number of fused-ring (bicyclic) bond motifs is 1. The van der Waals surface area contributed by atoms with Gasteiger partial charge in [-0.1, -0.05) is 73.4 Å². The molecule has 5 unspecified atom stereocenters. The fraction of sp³-hybridized carbons (Fsp3) is 0.636. The molecule has 0 amide bonds. The largest absolute Gasteiger partial charge is 0.406 e. The molecule has 2 aliphatic carbocycles. The number of thiazole rings is 1. The second kappa shape index (κ2) is 26.0. The van der Waals surface area contributed by atoms with Crippen LogP contribution in [0.5, 0.6) is 0 Å². The number of likely N-dealkylation sites (tertiary alicyclic amines) is 1. The molecule has 6 heterocycles. The van der Waals surface area contributed by atoms with Crippen molar-refractivity contribution >= 4 is 35.8 Å². The van der Waals surface area contributed by atoms with Crippen LogP contribution in [0.1, 0.15) is 142 Å². The Morgan fingerprint density at radius 2 is 1.71 bits per heavy atom. The Bertz CT molecular complexity index is 2900. The van der Waals surface area contributed by atoms with Crippen LogP contribution >= 0.6 is 11.3 Å². The zero-order valence-corrected chi connectivity index (χ0v) is 52.5. The molecule has 3 aliphatic heterocycles. The van der Waals surface area contributed by atoms with E-state index in [1.54, 1.807) is 18.3 Å². The zero-order chi connectivity index (χ0) is 59.7. The number of piperazine rings is 1. The number of anilines is 1. The summed E-state index contributed by atoms with van der Waals surface area (Å²) in [6.07, 6.45) is 10.2. The van der Waals surface area contributed by atoms with Gasteiger partial charge in [0, 0.05) is 116 Å². The maximum absolute atomic E-state index is 15.2. The molecule has 3 aromatic heterocycles. The van der Waals surface area contributed by atoms with Crippen molar-refractivity contribution in [3.05, 3.63) is 102 Å². The first-order valence-electron chi connectivity index (χ1n) is 31.2. The van der Waals surface area contributed by atoms with E-state index in [-0.39, 0.29) is 35.4 Å². The minimum absolute atomic E-state index is 0.0294. The Hall–Kier alpha value is -4.81. The van der Waals surface area contributed by atoms with E-state index in [1.807, 2.05) is 29.3 Å². The second-order valence-electron chi connectivity index (χ2n) is 26.6. The lowest BCUT2D eigenvalue weighted by Crippen LogP contribution is -2.55. The summed E-state index contributed by atoms with van der Waals surface area (Å²) in [7, 11) is 6.41. The smallest absolute Gasteiger partial charge is 0.381 e. The molecular weight excluding hydrogens is 1060 g/mol. The van der Waals surface area contributed by atoms with E-state index in [2.05, 4.69) is 121 Å². The maximum atomic E-state index is 15.2. The second-order valence-corrected chi connectivity index (χ2v) is 27.6. The van der Waals surface area contributed by atoms with E-state index < -0.39 is 18.3 Å². The molecule has 5 fully saturated rings. The number of nitrogens with zero attached hydrogens (tertiary/aromatic N) is 9. The summed E-state index contributed by atoms with van der Waals surface area (Å²) in [5.41, 5.74) is 9.97. The highest BCUT2D eigenvalue weighted by Crippen LogP contribution is 2.45. The molecular formula is C66H97BF3N11OS. The molecule has 12 nitrogen and oxygen atoms in total. The Morgan fingerprint density at radius 3 is 2.33 bits per heavy atom. The van der Waals surface area contributed by atoms with Crippen LogP contribution in [0.4, 0.5) is 18.9 Å². The number of hydrogen-bond donors (Lipinski definition) is 3. The average Bonchev–Trinajstić information content (AvgIpc) is 3.65. The molecule has 4 aromatic rings. The Morgan fingerprint density at radius 1 is 0.976 bits per heavy atom. The summed E-state index contributed by atoms with van der Waals surface area (Å²) in [4.78, 5) is 22.2. The van der Waals surface area contributed by atoms with E-state index in [4.69, 9.17) is 31.0 Å². The van der Waals surface area contributed by atoms with Gasteiger partial charge in [-0.15, -0.1) is 17.9 Å². The van der Waals surface area contributed by atoms with Crippen LogP contribution in [0, 0.1) is 23.2 Å². The van der Waals surface area contributed by atoms with Crippen LogP contribution < -0.4 is 15.6 Å². The van der Waals surface area contributed by atoms with Crippen molar-refractivity contribution in [2.75, 3.05) is 70.3 Å². The molecule has 83 heavy (non-hydrogen) atoms. The standard InChI is InChI=1S/C66H97BF3N11OS/c1-14-16-26-64(11,12)37-56-54-34-51(21-24-59(54)79(42-66(68,69)70)63(56)55-35-53(38-71-61(55)43(3)4)77-32-30-76(31-33-77)52-22-23-52)58-41-83-60(74-58)36-57(47(9)80-28-18-17-27-72-80)73-45(7)62(44(5)6)78-29-25-49(40-78)39-75(15-2)48(10)81(65(13,67)82)46(8)50-19-20-50/h14,21,24,34-35,38,41,43-44,46,49-50,52,57,62,72-73,82H,1,7,9-10,15-20,22-23,25-33,36-37,39-40,42H2,2-6,8,11-13H3. The van der Waals surface area contributed by atoms with E-state index in [9.17, 15) is 5.11 Å². The number of nitrogens with one attached hydrogen (secondary N) is 2. The van der Waals surface area contributed by atoms with Crippen molar-refractivity contribution < 1.29 is 18.3 Å². The molecule has 1 aromatic carbocycles. The quantitative estimate of drug-likeness (QED) is 0.0288. The summed E-state index contributed by atoms with van der Waals surface area (Å²) >= 11 is 1.60. The average molecular weight is 1160 g/mol. The molecule has 5 aliphatic rings. The van der Waals surface area contributed by atoms with Gasteiger partial charge in [0.25, 0.3) is 0 Å². The lowest BCUT2D eigenvalue weighted by atomic mass is 9.80. The molecule has 0 bridgehead atoms. The SMILES string of the molecule is [B]C(C)(O)N(C(=C)N(CC)CC1CCN(C(C(=C)NC(Cc2nc(-c3ccc4c(c3)c(CC(C)(C)CCC=C)c(-c3cc(N5CCN(C6CC6)CC5)cnc3C(C)C)n4CC(F)(F)F)cs2)C(=C)N2CCCCN2)C(C)C)C1)C(C)C1CC1. The molecule has 0 spiro atoms. The van der Waals surface area contributed by atoms with Gasteiger partial charge < -0.3 is 34.7 Å². The summed E-state index contributed by atoms with van der Waals surface area (Å²) in [6, 6.07) is 8.70. The summed E-state index contributed by atoms with van der Waals surface area (Å²) < 4.78 is 47.0. The molecule has 2 radical (unpaired) electrons. The Labute approximate surface area is 500 Å².